The lowest BCUT2D eigenvalue weighted by Crippen LogP contribution is -2.01. The number of nitriles is 1. The quantitative estimate of drug-likeness (QED) is 0.186. The standard InChI is InChI=1S/C45H28N2/c46-29-33-18-13-25-34(45(33)47-41-26-10-8-19-35(41)36-20-9-11-27-42(36)47)31-16-12-17-32(28-31)44-39-23-6-4-21-37(39)43(30-14-2-1-3-15-30)38-22-5-7-24-40(38)44/h1-28H. The molecule has 218 valence electrons. The number of fused-ring (bicyclic) bond motifs is 5. The van der Waals surface area contributed by atoms with Crippen molar-refractivity contribution in [1.82, 2.24) is 4.57 Å². The molecule has 0 amide bonds. The van der Waals surface area contributed by atoms with E-state index in [0.717, 1.165) is 33.4 Å². The van der Waals surface area contributed by atoms with Crippen molar-refractivity contribution in [3.8, 4) is 45.1 Å². The monoisotopic (exact) mass is 596 g/mol. The van der Waals surface area contributed by atoms with Crippen molar-refractivity contribution in [2.24, 2.45) is 0 Å². The highest BCUT2D eigenvalue weighted by Crippen LogP contribution is 2.45. The molecule has 0 N–H and O–H groups in total. The van der Waals surface area contributed by atoms with Gasteiger partial charge in [0.05, 0.1) is 22.3 Å². The second-order valence-electron chi connectivity index (χ2n) is 12.0. The summed E-state index contributed by atoms with van der Waals surface area (Å²) in [6.45, 7) is 0. The van der Waals surface area contributed by atoms with E-state index in [2.05, 4.69) is 168 Å². The summed E-state index contributed by atoms with van der Waals surface area (Å²) in [5, 5.41) is 17.7. The highest BCUT2D eigenvalue weighted by molar-refractivity contribution is 6.21. The van der Waals surface area contributed by atoms with Crippen LogP contribution in [0.15, 0.2) is 170 Å². The number of hydrogen-bond donors (Lipinski definition) is 0. The van der Waals surface area contributed by atoms with Crippen molar-refractivity contribution in [3.05, 3.63) is 175 Å². The first-order chi connectivity index (χ1) is 23.3. The van der Waals surface area contributed by atoms with Crippen molar-refractivity contribution in [1.29, 1.82) is 5.26 Å². The van der Waals surface area contributed by atoms with Crippen molar-refractivity contribution in [3.63, 3.8) is 0 Å². The first-order valence-corrected chi connectivity index (χ1v) is 15.9. The smallest absolute Gasteiger partial charge is 0.101 e. The Morgan fingerprint density at radius 1 is 0.383 bits per heavy atom. The molecule has 0 aliphatic carbocycles. The van der Waals surface area contributed by atoms with Crippen molar-refractivity contribution < 1.29 is 0 Å². The van der Waals surface area contributed by atoms with E-state index in [-0.39, 0.29) is 0 Å². The largest absolute Gasteiger partial charge is 0.307 e. The summed E-state index contributed by atoms with van der Waals surface area (Å²) >= 11 is 0. The highest BCUT2D eigenvalue weighted by atomic mass is 15.0. The third-order valence-electron chi connectivity index (χ3n) is 9.42. The predicted molar refractivity (Wildman–Crippen MR) is 197 cm³/mol. The molecule has 1 heterocycles. The van der Waals surface area contributed by atoms with Gasteiger partial charge >= 0.3 is 0 Å². The van der Waals surface area contributed by atoms with Crippen LogP contribution in [0.1, 0.15) is 5.56 Å². The van der Waals surface area contributed by atoms with Crippen LogP contribution in [0.3, 0.4) is 0 Å². The number of aromatic nitrogens is 1. The van der Waals surface area contributed by atoms with Gasteiger partial charge in [-0.3, -0.25) is 0 Å². The molecule has 1 aromatic heterocycles. The third-order valence-corrected chi connectivity index (χ3v) is 9.42. The van der Waals surface area contributed by atoms with Gasteiger partial charge in [0.25, 0.3) is 0 Å². The third kappa shape index (κ3) is 4.18. The first kappa shape index (κ1) is 26.9. The molecular formula is C45H28N2. The van der Waals surface area contributed by atoms with Gasteiger partial charge in [-0.25, -0.2) is 0 Å². The molecule has 47 heavy (non-hydrogen) atoms. The van der Waals surface area contributed by atoms with Gasteiger partial charge in [-0.05, 0) is 73.6 Å². The van der Waals surface area contributed by atoms with Gasteiger partial charge in [0, 0.05) is 16.3 Å². The van der Waals surface area contributed by atoms with E-state index in [9.17, 15) is 5.26 Å². The Hall–Kier alpha value is -6.43. The van der Waals surface area contributed by atoms with E-state index < -0.39 is 0 Å². The van der Waals surface area contributed by atoms with Gasteiger partial charge in [0.1, 0.15) is 6.07 Å². The van der Waals surface area contributed by atoms with E-state index >= 15 is 0 Å². The molecule has 2 heteroatoms. The molecule has 0 spiro atoms. The van der Waals surface area contributed by atoms with Crippen LogP contribution in [0.25, 0.3) is 82.4 Å². The number of benzene rings is 8. The zero-order chi connectivity index (χ0) is 31.3. The minimum Gasteiger partial charge on any atom is -0.307 e. The summed E-state index contributed by atoms with van der Waals surface area (Å²) in [4.78, 5) is 0. The Morgan fingerprint density at radius 3 is 1.40 bits per heavy atom. The van der Waals surface area contributed by atoms with Crippen LogP contribution in [0.2, 0.25) is 0 Å². The molecule has 8 aromatic carbocycles. The molecule has 0 fully saturated rings. The maximum Gasteiger partial charge on any atom is 0.101 e. The van der Waals surface area contributed by atoms with Gasteiger partial charge in [-0.15, -0.1) is 0 Å². The molecule has 0 saturated heterocycles. The average molecular weight is 597 g/mol. The fourth-order valence-electron chi connectivity index (χ4n) is 7.47. The fraction of sp³-hybridized carbons (Fsp3) is 0. The summed E-state index contributed by atoms with van der Waals surface area (Å²) in [5.74, 6) is 0. The second-order valence-corrected chi connectivity index (χ2v) is 12.0. The number of hydrogen-bond acceptors (Lipinski definition) is 1. The molecule has 2 nitrogen and oxygen atoms in total. The summed E-state index contributed by atoms with van der Waals surface area (Å²) in [7, 11) is 0. The van der Waals surface area contributed by atoms with Gasteiger partial charge in [0.15, 0.2) is 0 Å². The molecule has 0 bridgehead atoms. The zero-order valence-corrected chi connectivity index (χ0v) is 25.6. The van der Waals surface area contributed by atoms with Crippen LogP contribution in [0.4, 0.5) is 0 Å². The van der Waals surface area contributed by atoms with Crippen molar-refractivity contribution >= 4 is 43.4 Å². The number of nitrogens with zero attached hydrogens (tertiary/aromatic N) is 2. The highest BCUT2D eigenvalue weighted by Gasteiger charge is 2.20. The fourth-order valence-corrected chi connectivity index (χ4v) is 7.47. The van der Waals surface area contributed by atoms with Gasteiger partial charge in [-0.1, -0.05) is 146 Å². The Bertz CT molecular complexity index is 2580. The molecule has 9 aromatic rings. The van der Waals surface area contributed by atoms with E-state index in [1.807, 2.05) is 12.1 Å². The average Bonchev–Trinajstić information content (AvgIpc) is 3.48. The van der Waals surface area contributed by atoms with Gasteiger partial charge in [0.2, 0.25) is 0 Å². The van der Waals surface area contributed by atoms with Crippen LogP contribution in [-0.4, -0.2) is 4.57 Å². The van der Waals surface area contributed by atoms with Crippen molar-refractivity contribution in [2.45, 2.75) is 0 Å². The van der Waals surface area contributed by atoms with Crippen molar-refractivity contribution in [2.75, 3.05) is 0 Å². The van der Waals surface area contributed by atoms with Crippen LogP contribution < -0.4 is 0 Å². The summed E-state index contributed by atoms with van der Waals surface area (Å²) in [6, 6.07) is 62.6. The summed E-state index contributed by atoms with van der Waals surface area (Å²) in [5.41, 5.74) is 10.6. The summed E-state index contributed by atoms with van der Waals surface area (Å²) < 4.78 is 2.27. The molecule has 0 unspecified atom stereocenters. The predicted octanol–water partition coefficient (Wildman–Crippen LogP) is 12.0. The van der Waals surface area contributed by atoms with Crippen LogP contribution in [0.5, 0.6) is 0 Å². The summed E-state index contributed by atoms with van der Waals surface area (Å²) in [6.07, 6.45) is 0. The Balaban J connectivity index is 1.33. The van der Waals surface area contributed by atoms with Gasteiger partial charge in [-0.2, -0.15) is 5.26 Å². The minimum atomic E-state index is 0.641. The SMILES string of the molecule is N#Cc1cccc(-c2cccc(-c3c4ccccc4c(-c4ccccc4)c4ccccc34)c2)c1-n1c2ccccc2c2ccccc21. The Morgan fingerprint density at radius 2 is 0.830 bits per heavy atom. The maximum atomic E-state index is 10.5. The molecule has 9 rings (SSSR count). The van der Waals surface area contributed by atoms with E-state index in [4.69, 9.17) is 0 Å². The normalized spacial score (nSPS) is 11.4. The maximum absolute atomic E-state index is 10.5. The first-order valence-electron chi connectivity index (χ1n) is 15.9. The Labute approximate surface area is 273 Å². The van der Waals surface area contributed by atoms with E-state index in [1.165, 1.54) is 49.0 Å². The van der Waals surface area contributed by atoms with E-state index in [1.54, 1.807) is 0 Å². The molecule has 0 saturated carbocycles. The number of rotatable bonds is 4. The zero-order valence-electron chi connectivity index (χ0n) is 25.6. The van der Waals surface area contributed by atoms with E-state index in [0.29, 0.717) is 5.56 Å². The topological polar surface area (TPSA) is 28.7 Å². The molecular weight excluding hydrogens is 569 g/mol. The second kappa shape index (κ2) is 10.9. The lowest BCUT2D eigenvalue weighted by Gasteiger charge is -2.19. The Kier molecular flexibility index (Phi) is 6.23. The minimum absolute atomic E-state index is 0.641. The number of para-hydroxylation sites is 3. The molecule has 0 atom stereocenters. The lowest BCUT2D eigenvalue weighted by molar-refractivity contribution is 1.17. The molecule has 0 radical (unpaired) electrons. The molecule has 0 aliphatic rings. The van der Waals surface area contributed by atoms with Crippen LogP contribution in [-0.2, 0) is 0 Å². The lowest BCUT2D eigenvalue weighted by atomic mass is 9.85. The van der Waals surface area contributed by atoms with Crippen LogP contribution in [0, 0.1) is 11.3 Å². The van der Waals surface area contributed by atoms with Crippen LogP contribution >= 0.6 is 0 Å². The molecule has 0 aliphatic heterocycles. The van der Waals surface area contributed by atoms with Gasteiger partial charge < -0.3 is 4.57 Å².